The number of benzene rings is 1. The number of nitrogens with one attached hydrogen (secondary N) is 2. The summed E-state index contributed by atoms with van der Waals surface area (Å²) in [5.41, 5.74) is 1.09. The number of rotatable bonds is 2. The van der Waals surface area contributed by atoms with Crippen molar-refractivity contribution in [3.05, 3.63) is 34.9 Å². The fraction of sp³-hybridized carbons (Fsp3) is 0.364. The van der Waals surface area contributed by atoms with E-state index in [0.717, 1.165) is 29.6 Å². The van der Waals surface area contributed by atoms with Crippen LogP contribution in [0.15, 0.2) is 29.3 Å². The van der Waals surface area contributed by atoms with Gasteiger partial charge in [0.25, 0.3) is 0 Å². The quantitative estimate of drug-likeness (QED) is 0.804. The molecule has 1 atom stereocenters. The maximum absolute atomic E-state index is 6.10. The first-order chi connectivity index (χ1) is 7.27. The van der Waals surface area contributed by atoms with Crippen LogP contribution in [0.25, 0.3) is 0 Å². The van der Waals surface area contributed by atoms with Crippen LogP contribution in [0.5, 0.6) is 0 Å². The summed E-state index contributed by atoms with van der Waals surface area (Å²) in [6.45, 7) is 3.83. The fourth-order valence-corrected chi connectivity index (χ4v) is 1.90. The Balaban J connectivity index is 2.07. The van der Waals surface area contributed by atoms with Crippen LogP contribution < -0.4 is 10.6 Å². The highest BCUT2D eigenvalue weighted by Crippen LogP contribution is 2.21. The molecule has 1 aliphatic rings. The van der Waals surface area contributed by atoms with Gasteiger partial charge in [0, 0.05) is 11.6 Å². The standard InChI is InChI=1S/C11H14ClN3/c1-8(15-11-13-6-7-14-11)9-4-2-3-5-10(9)12/h2-5,8H,6-7H2,1H3,(H2,13,14,15). The molecule has 0 aliphatic carbocycles. The zero-order chi connectivity index (χ0) is 10.7. The van der Waals surface area contributed by atoms with Crippen molar-refractivity contribution in [3.63, 3.8) is 0 Å². The highest BCUT2D eigenvalue weighted by Gasteiger charge is 2.12. The molecule has 0 radical (unpaired) electrons. The topological polar surface area (TPSA) is 36.4 Å². The van der Waals surface area contributed by atoms with E-state index in [4.69, 9.17) is 11.6 Å². The highest BCUT2D eigenvalue weighted by atomic mass is 35.5. The Morgan fingerprint density at radius 2 is 2.27 bits per heavy atom. The predicted octanol–water partition coefficient (Wildman–Crippen LogP) is 1.95. The summed E-state index contributed by atoms with van der Waals surface area (Å²) in [5, 5.41) is 7.25. The van der Waals surface area contributed by atoms with Crippen LogP contribution in [0.3, 0.4) is 0 Å². The molecule has 0 bridgehead atoms. The van der Waals surface area contributed by atoms with Crippen LogP contribution in [0.1, 0.15) is 18.5 Å². The molecule has 2 N–H and O–H groups in total. The smallest absolute Gasteiger partial charge is 0.191 e. The molecule has 2 rings (SSSR count). The van der Waals surface area contributed by atoms with Gasteiger partial charge in [-0.1, -0.05) is 29.8 Å². The summed E-state index contributed by atoms with van der Waals surface area (Å²) < 4.78 is 0. The number of halogens is 1. The van der Waals surface area contributed by atoms with Gasteiger partial charge in [-0.25, -0.2) is 0 Å². The molecule has 80 valence electrons. The second kappa shape index (κ2) is 4.53. The number of guanidine groups is 1. The summed E-state index contributed by atoms with van der Waals surface area (Å²) >= 11 is 6.10. The minimum Gasteiger partial charge on any atom is -0.355 e. The Kier molecular flexibility index (Phi) is 3.11. The van der Waals surface area contributed by atoms with Crippen molar-refractivity contribution >= 4 is 17.6 Å². The Bertz CT molecular complexity index is 376. The van der Waals surface area contributed by atoms with Gasteiger partial charge in [0.2, 0.25) is 0 Å². The van der Waals surface area contributed by atoms with Crippen LogP contribution >= 0.6 is 11.6 Å². The van der Waals surface area contributed by atoms with Crippen molar-refractivity contribution in [2.45, 2.75) is 13.0 Å². The van der Waals surface area contributed by atoms with Gasteiger partial charge in [-0.2, -0.15) is 0 Å². The monoisotopic (exact) mass is 223 g/mol. The van der Waals surface area contributed by atoms with Crippen molar-refractivity contribution in [2.24, 2.45) is 4.99 Å². The Labute approximate surface area is 94.5 Å². The third kappa shape index (κ3) is 2.42. The van der Waals surface area contributed by atoms with E-state index in [1.54, 1.807) is 0 Å². The van der Waals surface area contributed by atoms with Gasteiger partial charge in [0.15, 0.2) is 5.96 Å². The van der Waals surface area contributed by atoms with Crippen molar-refractivity contribution in [1.82, 2.24) is 10.6 Å². The fourth-order valence-electron chi connectivity index (χ4n) is 1.60. The summed E-state index contributed by atoms with van der Waals surface area (Å²) in [6.07, 6.45) is 0. The first-order valence-corrected chi connectivity index (χ1v) is 5.44. The highest BCUT2D eigenvalue weighted by molar-refractivity contribution is 6.31. The van der Waals surface area contributed by atoms with Crippen LogP contribution in [0.2, 0.25) is 5.02 Å². The third-order valence-electron chi connectivity index (χ3n) is 2.40. The summed E-state index contributed by atoms with van der Waals surface area (Å²) in [5.74, 6) is 0.863. The summed E-state index contributed by atoms with van der Waals surface area (Å²) in [7, 11) is 0. The number of hydrogen-bond acceptors (Lipinski definition) is 3. The molecule has 0 spiro atoms. The molecule has 1 unspecified atom stereocenters. The van der Waals surface area contributed by atoms with E-state index in [1.807, 2.05) is 24.3 Å². The van der Waals surface area contributed by atoms with Gasteiger partial charge in [-0.05, 0) is 18.6 Å². The molecule has 4 heteroatoms. The molecule has 1 aliphatic heterocycles. The molecule has 1 heterocycles. The van der Waals surface area contributed by atoms with Crippen LogP contribution in [-0.4, -0.2) is 19.0 Å². The first kappa shape index (κ1) is 10.3. The molecule has 0 amide bonds. The van der Waals surface area contributed by atoms with Gasteiger partial charge < -0.3 is 10.6 Å². The lowest BCUT2D eigenvalue weighted by Gasteiger charge is -2.16. The molecule has 3 nitrogen and oxygen atoms in total. The predicted molar refractivity (Wildman–Crippen MR) is 63.3 cm³/mol. The summed E-state index contributed by atoms with van der Waals surface area (Å²) in [4.78, 5) is 4.28. The lowest BCUT2D eigenvalue weighted by atomic mass is 10.1. The normalized spacial score (nSPS) is 16.8. The summed E-state index contributed by atoms with van der Waals surface area (Å²) in [6, 6.07) is 8.02. The van der Waals surface area contributed by atoms with Gasteiger partial charge >= 0.3 is 0 Å². The van der Waals surface area contributed by atoms with E-state index in [-0.39, 0.29) is 6.04 Å². The molecule has 0 saturated carbocycles. The van der Waals surface area contributed by atoms with Crippen molar-refractivity contribution in [1.29, 1.82) is 0 Å². The average Bonchev–Trinajstić information content (AvgIpc) is 2.71. The van der Waals surface area contributed by atoms with Crippen LogP contribution in [0.4, 0.5) is 0 Å². The minimum atomic E-state index is 0.169. The van der Waals surface area contributed by atoms with Crippen molar-refractivity contribution in [2.75, 3.05) is 13.1 Å². The lowest BCUT2D eigenvalue weighted by molar-refractivity contribution is 0.702. The van der Waals surface area contributed by atoms with Gasteiger partial charge in [-0.3, -0.25) is 4.99 Å². The van der Waals surface area contributed by atoms with E-state index in [9.17, 15) is 0 Å². The van der Waals surface area contributed by atoms with Crippen molar-refractivity contribution in [3.8, 4) is 0 Å². The molecule has 0 saturated heterocycles. The van der Waals surface area contributed by atoms with E-state index in [2.05, 4.69) is 22.5 Å². The maximum Gasteiger partial charge on any atom is 0.191 e. The average molecular weight is 224 g/mol. The van der Waals surface area contributed by atoms with Crippen LogP contribution in [0, 0.1) is 0 Å². The first-order valence-electron chi connectivity index (χ1n) is 5.06. The second-order valence-electron chi connectivity index (χ2n) is 3.54. The van der Waals surface area contributed by atoms with Crippen LogP contribution in [-0.2, 0) is 0 Å². The second-order valence-corrected chi connectivity index (χ2v) is 3.95. The largest absolute Gasteiger partial charge is 0.355 e. The third-order valence-corrected chi connectivity index (χ3v) is 2.74. The van der Waals surface area contributed by atoms with Crippen molar-refractivity contribution < 1.29 is 0 Å². The van der Waals surface area contributed by atoms with Gasteiger partial charge in [-0.15, -0.1) is 0 Å². The molecule has 0 aromatic heterocycles. The van der Waals surface area contributed by atoms with E-state index < -0.39 is 0 Å². The Hall–Kier alpha value is -1.22. The lowest BCUT2D eigenvalue weighted by Crippen LogP contribution is -2.35. The van der Waals surface area contributed by atoms with Gasteiger partial charge in [0.05, 0.1) is 12.6 Å². The van der Waals surface area contributed by atoms with E-state index >= 15 is 0 Å². The van der Waals surface area contributed by atoms with Gasteiger partial charge in [0.1, 0.15) is 0 Å². The maximum atomic E-state index is 6.10. The number of nitrogens with zero attached hydrogens (tertiary/aromatic N) is 1. The zero-order valence-corrected chi connectivity index (χ0v) is 9.38. The van der Waals surface area contributed by atoms with E-state index in [0.29, 0.717) is 0 Å². The number of aliphatic imine (C=N–C) groups is 1. The molecule has 0 fully saturated rings. The minimum absolute atomic E-state index is 0.169. The molecular formula is C11H14ClN3. The zero-order valence-electron chi connectivity index (χ0n) is 8.63. The molecule has 15 heavy (non-hydrogen) atoms. The Morgan fingerprint density at radius 3 is 2.93 bits per heavy atom. The molecule has 1 aromatic carbocycles. The molecular weight excluding hydrogens is 210 g/mol. The van der Waals surface area contributed by atoms with E-state index in [1.165, 1.54) is 0 Å². The number of hydrogen-bond donors (Lipinski definition) is 2. The SMILES string of the molecule is CC(NC1=NCCN1)c1ccccc1Cl. The Morgan fingerprint density at radius 1 is 1.47 bits per heavy atom. The molecule has 1 aromatic rings.